The van der Waals surface area contributed by atoms with E-state index in [-0.39, 0.29) is 12.0 Å². The maximum Gasteiger partial charge on any atom is 0.305 e. The maximum absolute atomic E-state index is 10.8. The molecule has 92 valence electrons. The molecule has 0 saturated carbocycles. The normalized spacial score (nSPS) is 25.4. The zero-order valence-electron chi connectivity index (χ0n) is 10.2. The van der Waals surface area contributed by atoms with Crippen molar-refractivity contribution in [1.82, 2.24) is 4.90 Å². The number of ether oxygens (including phenoxy) is 1. The van der Waals surface area contributed by atoms with Crippen LogP contribution in [0.15, 0.2) is 0 Å². The predicted molar refractivity (Wildman–Crippen MR) is 60.4 cm³/mol. The fourth-order valence-electron chi connectivity index (χ4n) is 2.79. The second-order valence-corrected chi connectivity index (χ2v) is 5.85. The summed E-state index contributed by atoms with van der Waals surface area (Å²) in [6.07, 6.45) is 2.49. The van der Waals surface area contributed by atoms with E-state index in [1.807, 2.05) is 13.8 Å². The molecule has 2 fully saturated rings. The number of carboxylic acids is 1. The van der Waals surface area contributed by atoms with Crippen molar-refractivity contribution in [2.75, 3.05) is 26.3 Å². The van der Waals surface area contributed by atoms with Crippen molar-refractivity contribution in [2.24, 2.45) is 5.41 Å². The van der Waals surface area contributed by atoms with Crippen LogP contribution in [-0.2, 0) is 9.53 Å². The van der Waals surface area contributed by atoms with Crippen LogP contribution < -0.4 is 0 Å². The molecule has 2 rings (SSSR count). The summed E-state index contributed by atoms with van der Waals surface area (Å²) in [5.41, 5.74) is 0.212. The molecule has 0 aromatic rings. The number of hydrogen-bond donors (Lipinski definition) is 1. The van der Waals surface area contributed by atoms with Gasteiger partial charge in [-0.3, -0.25) is 9.69 Å². The molecule has 0 radical (unpaired) electrons. The molecule has 1 spiro atoms. The first-order chi connectivity index (χ1) is 7.44. The van der Waals surface area contributed by atoms with E-state index in [1.54, 1.807) is 0 Å². The molecule has 2 heterocycles. The number of likely N-dealkylation sites (tertiary alicyclic amines) is 1. The van der Waals surface area contributed by atoms with Gasteiger partial charge in [-0.05, 0) is 26.7 Å². The van der Waals surface area contributed by atoms with Crippen LogP contribution >= 0.6 is 0 Å². The molecule has 0 aliphatic carbocycles. The summed E-state index contributed by atoms with van der Waals surface area (Å²) in [6.45, 7) is 7.86. The Bertz CT molecular complexity index is 274. The molecule has 0 amide bonds. The average Bonchev–Trinajstić information content (AvgIpc) is 2.13. The molecule has 0 aromatic carbocycles. The lowest BCUT2D eigenvalue weighted by Crippen LogP contribution is -2.65. The van der Waals surface area contributed by atoms with E-state index in [0.29, 0.717) is 5.41 Å². The van der Waals surface area contributed by atoms with Crippen LogP contribution in [0.5, 0.6) is 0 Å². The third-order valence-electron chi connectivity index (χ3n) is 4.05. The molecule has 4 heteroatoms. The molecule has 0 unspecified atom stereocenters. The summed E-state index contributed by atoms with van der Waals surface area (Å²) in [4.78, 5) is 13.1. The monoisotopic (exact) mass is 227 g/mol. The van der Waals surface area contributed by atoms with Crippen molar-refractivity contribution in [3.8, 4) is 0 Å². The van der Waals surface area contributed by atoms with Crippen molar-refractivity contribution in [2.45, 2.75) is 38.6 Å². The van der Waals surface area contributed by atoms with E-state index in [4.69, 9.17) is 9.84 Å². The first-order valence-corrected chi connectivity index (χ1v) is 5.98. The Kier molecular flexibility index (Phi) is 2.97. The van der Waals surface area contributed by atoms with Gasteiger partial charge in [-0.15, -0.1) is 0 Å². The zero-order chi connectivity index (χ0) is 11.8. The van der Waals surface area contributed by atoms with Gasteiger partial charge in [-0.25, -0.2) is 0 Å². The van der Waals surface area contributed by atoms with Crippen molar-refractivity contribution in [3.05, 3.63) is 0 Å². The highest BCUT2D eigenvalue weighted by Gasteiger charge is 2.48. The highest BCUT2D eigenvalue weighted by atomic mass is 16.5. The second kappa shape index (κ2) is 4.00. The number of aliphatic carboxylic acids is 1. The minimum atomic E-state index is -0.710. The van der Waals surface area contributed by atoms with Crippen LogP contribution in [0, 0.1) is 5.41 Å². The standard InChI is InChI=1S/C12H21NO3/c1-11(2,7-10(14)15)13-8-12(9-13)3-5-16-6-4-12/h3-9H2,1-2H3,(H,14,15). The van der Waals surface area contributed by atoms with Crippen molar-refractivity contribution in [1.29, 1.82) is 0 Å². The topological polar surface area (TPSA) is 49.8 Å². The number of nitrogens with zero attached hydrogens (tertiary/aromatic N) is 1. The molecular weight excluding hydrogens is 206 g/mol. The molecular formula is C12H21NO3. The Morgan fingerprint density at radius 1 is 1.38 bits per heavy atom. The SMILES string of the molecule is CC(C)(CC(=O)O)N1CC2(CCOCC2)C1. The quantitative estimate of drug-likeness (QED) is 0.790. The summed E-state index contributed by atoms with van der Waals surface area (Å²) < 4.78 is 5.37. The molecule has 0 aromatic heterocycles. The predicted octanol–water partition coefficient (Wildman–Crippen LogP) is 1.35. The van der Waals surface area contributed by atoms with E-state index in [1.165, 1.54) is 0 Å². The lowest BCUT2D eigenvalue weighted by Gasteiger charge is -2.57. The molecule has 0 atom stereocenters. The van der Waals surface area contributed by atoms with E-state index >= 15 is 0 Å². The molecule has 16 heavy (non-hydrogen) atoms. The maximum atomic E-state index is 10.8. The van der Waals surface area contributed by atoms with Gasteiger partial charge in [-0.1, -0.05) is 0 Å². The third-order valence-corrected chi connectivity index (χ3v) is 4.05. The lowest BCUT2D eigenvalue weighted by molar-refractivity contribution is -0.148. The van der Waals surface area contributed by atoms with Gasteiger partial charge in [0.15, 0.2) is 0 Å². The summed E-state index contributed by atoms with van der Waals surface area (Å²) in [7, 11) is 0. The van der Waals surface area contributed by atoms with Gasteiger partial charge in [0.1, 0.15) is 0 Å². The lowest BCUT2D eigenvalue weighted by atomic mass is 9.71. The van der Waals surface area contributed by atoms with Gasteiger partial charge in [0.05, 0.1) is 6.42 Å². The zero-order valence-corrected chi connectivity index (χ0v) is 10.2. The van der Waals surface area contributed by atoms with Crippen molar-refractivity contribution in [3.63, 3.8) is 0 Å². The number of hydrogen-bond acceptors (Lipinski definition) is 3. The Morgan fingerprint density at radius 2 is 1.94 bits per heavy atom. The molecule has 2 saturated heterocycles. The van der Waals surface area contributed by atoms with Gasteiger partial charge in [0.25, 0.3) is 0 Å². The Morgan fingerprint density at radius 3 is 2.44 bits per heavy atom. The summed E-state index contributed by atoms with van der Waals surface area (Å²) >= 11 is 0. The number of rotatable bonds is 3. The molecule has 1 N–H and O–H groups in total. The van der Waals surface area contributed by atoms with Crippen LogP contribution in [0.2, 0.25) is 0 Å². The fourth-order valence-corrected chi connectivity index (χ4v) is 2.79. The summed E-state index contributed by atoms with van der Waals surface area (Å²) in [5, 5.41) is 8.87. The van der Waals surface area contributed by atoms with E-state index in [2.05, 4.69) is 4.90 Å². The Balaban J connectivity index is 1.88. The minimum absolute atomic E-state index is 0.213. The van der Waals surface area contributed by atoms with Gasteiger partial charge in [-0.2, -0.15) is 0 Å². The van der Waals surface area contributed by atoms with Gasteiger partial charge in [0, 0.05) is 37.3 Å². The first-order valence-electron chi connectivity index (χ1n) is 5.98. The van der Waals surface area contributed by atoms with Gasteiger partial charge < -0.3 is 9.84 Å². The minimum Gasteiger partial charge on any atom is -0.481 e. The molecule has 2 aliphatic rings. The Labute approximate surface area is 96.6 Å². The molecule has 0 bridgehead atoms. The number of carbonyl (C=O) groups is 1. The van der Waals surface area contributed by atoms with Crippen LogP contribution in [0.1, 0.15) is 33.1 Å². The van der Waals surface area contributed by atoms with Crippen LogP contribution in [0.4, 0.5) is 0 Å². The highest BCUT2D eigenvalue weighted by molar-refractivity contribution is 5.68. The fraction of sp³-hybridized carbons (Fsp3) is 0.917. The first kappa shape index (κ1) is 11.9. The Hall–Kier alpha value is -0.610. The summed E-state index contributed by atoms with van der Waals surface area (Å²) in [5.74, 6) is -0.710. The van der Waals surface area contributed by atoms with Crippen LogP contribution in [0.25, 0.3) is 0 Å². The molecule has 4 nitrogen and oxygen atoms in total. The molecule has 2 aliphatic heterocycles. The smallest absolute Gasteiger partial charge is 0.305 e. The third kappa shape index (κ3) is 2.23. The second-order valence-electron chi connectivity index (χ2n) is 5.85. The van der Waals surface area contributed by atoms with Crippen LogP contribution in [-0.4, -0.2) is 47.8 Å². The van der Waals surface area contributed by atoms with Gasteiger partial charge in [0.2, 0.25) is 0 Å². The highest BCUT2D eigenvalue weighted by Crippen LogP contribution is 2.43. The van der Waals surface area contributed by atoms with E-state index in [0.717, 1.165) is 39.1 Å². The van der Waals surface area contributed by atoms with E-state index < -0.39 is 5.97 Å². The van der Waals surface area contributed by atoms with E-state index in [9.17, 15) is 4.79 Å². The summed E-state index contributed by atoms with van der Waals surface area (Å²) in [6, 6.07) is 0. The van der Waals surface area contributed by atoms with Crippen LogP contribution in [0.3, 0.4) is 0 Å². The number of carboxylic acid groups (broad SMARTS) is 1. The average molecular weight is 227 g/mol. The van der Waals surface area contributed by atoms with Crippen molar-refractivity contribution >= 4 is 5.97 Å². The largest absolute Gasteiger partial charge is 0.481 e. The van der Waals surface area contributed by atoms with Crippen molar-refractivity contribution < 1.29 is 14.6 Å². The van der Waals surface area contributed by atoms with Gasteiger partial charge >= 0.3 is 5.97 Å².